The van der Waals surface area contributed by atoms with Crippen molar-refractivity contribution >= 4 is 39.8 Å². The second-order valence-electron chi connectivity index (χ2n) is 8.71. The predicted octanol–water partition coefficient (Wildman–Crippen LogP) is 5.80. The number of nitrogens with zero attached hydrogens (tertiary/aromatic N) is 4. The molecule has 0 radical (unpaired) electrons. The van der Waals surface area contributed by atoms with Crippen LogP contribution >= 0.6 is 11.8 Å². The van der Waals surface area contributed by atoms with Gasteiger partial charge in [0, 0.05) is 24.7 Å². The minimum absolute atomic E-state index is 0.113. The number of fused-ring (bicyclic) bond motifs is 1. The highest BCUT2D eigenvalue weighted by Crippen LogP contribution is 2.38. The third-order valence-corrected chi connectivity index (χ3v) is 6.81. The molecule has 2 aliphatic rings. The highest BCUT2D eigenvalue weighted by atomic mass is 32.2. The summed E-state index contributed by atoms with van der Waals surface area (Å²) in [5.41, 5.74) is -1.91. The highest BCUT2D eigenvalue weighted by Gasteiger charge is 2.38. The van der Waals surface area contributed by atoms with Crippen molar-refractivity contribution in [2.75, 3.05) is 13.1 Å². The fourth-order valence-electron chi connectivity index (χ4n) is 4.31. The highest BCUT2D eigenvalue weighted by molar-refractivity contribution is 8.18. The molecule has 0 spiro atoms. The Morgan fingerprint density at radius 3 is 2.54 bits per heavy atom. The number of rotatable bonds is 3. The molecule has 0 saturated carbocycles. The molecule has 13 heteroatoms. The number of aliphatic hydroxyl groups is 1. The van der Waals surface area contributed by atoms with Crippen LogP contribution in [0.5, 0.6) is 0 Å². The number of amidine groups is 1. The average Bonchev–Trinajstić information content (AvgIpc) is 3.50. The minimum Gasteiger partial charge on any atom is -0.391 e. The van der Waals surface area contributed by atoms with Crippen molar-refractivity contribution in [2.45, 2.75) is 31.4 Å². The molecule has 1 saturated heterocycles. The Bertz CT molecular complexity index is 1440. The summed E-state index contributed by atoms with van der Waals surface area (Å²) in [5.74, 6) is 0.490. The van der Waals surface area contributed by atoms with Crippen molar-refractivity contribution in [3.8, 4) is 0 Å². The maximum Gasteiger partial charge on any atom is 0.416 e. The molecule has 1 atom stereocenters. The number of likely N-dealkylation sites (tertiary alicyclic amines) is 1. The Kier molecular flexibility index (Phi) is 6.31. The van der Waals surface area contributed by atoms with E-state index in [1.165, 1.54) is 10.9 Å². The number of alkyl halides is 6. The standard InChI is InChI=1S/C24H18F6N4O2S/c25-23(26,27)16-3-2-14(18(9-16)24(28,29)30)10-34-11-15-7-13(1-4-19(15)32-34)8-20-21(31-22(36)37-20)33-6-5-17(35)12-33/h1-4,7-9,11,17,35H,5-6,10,12H2/b20-8-. The molecule has 3 aromatic rings. The lowest BCUT2D eigenvalue weighted by Gasteiger charge is -2.17. The van der Waals surface area contributed by atoms with Gasteiger partial charge < -0.3 is 10.0 Å². The van der Waals surface area contributed by atoms with Crippen LogP contribution in [0, 0.1) is 0 Å². The number of carbonyl (C=O) groups is 1. The quantitative estimate of drug-likeness (QED) is 0.426. The largest absolute Gasteiger partial charge is 0.416 e. The Hall–Kier alpha value is -3.32. The zero-order valence-electron chi connectivity index (χ0n) is 18.8. The third kappa shape index (κ3) is 5.37. The Balaban J connectivity index is 1.42. The summed E-state index contributed by atoms with van der Waals surface area (Å²) in [7, 11) is 0. The number of amides is 1. The second-order valence-corrected chi connectivity index (χ2v) is 9.71. The van der Waals surface area contributed by atoms with Gasteiger partial charge in [-0.2, -0.15) is 36.4 Å². The van der Waals surface area contributed by atoms with E-state index in [4.69, 9.17) is 0 Å². The van der Waals surface area contributed by atoms with Gasteiger partial charge in [-0.05, 0) is 59.7 Å². The van der Waals surface area contributed by atoms with Gasteiger partial charge in [-0.3, -0.25) is 9.48 Å². The molecule has 1 N–H and O–H groups in total. The number of benzene rings is 2. The van der Waals surface area contributed by atoms with Gasteiger partial charge in [0.25, 0.3) is 0 Å². The van der Waals surface area contributed by atoms with Crippen LogP contribution in [0.2, 0.25) is 0 Å². The minimum atomic E-state index is -4.97. The van der Waals surface area contributed by atoms with E-state index in [1.807, 2.05) is 4.90 Å². The number of aromatic nitrogens is 2. The molecule has 37 heavy (non-hydrogen) atoms. The van der Waals surface area contributed by atoms with Crippen LogP contribution in [0.4, 0.5) is 31.1 Å². The van der Waals surface area contributed by atoms with E-state index in [0.717, 1.165) is 17.8 Å². The summed E-state index contributed by atoms with van der Waals surface area (Å²) >= 11 is 0.963. The smallest absolute Gasteiger partial charge is 0.391 e. The van der Waals surface area contributed by atoms with E-state index in [1.54, 1.807) is 24.3 Å². The van der Waals surface area contributed by atoms with Gasteiger partial charge >= 0.3 is 17.6 Å². The van der Waals surface area contributed by atoms with Crippen molar-refractivity contribution in [1.29, 1.82) is 0 Å². The SMILES string of the molecule is O=C1N=C(N2CCC(O)C2)/C(=C/c2ccc3nn(Cc4ccc(C(F)(F)F)cc4C(F)(F)F)cc3c2)S1. The number of halogens is 6. The molecule has 3 heterocycles. The van der Waals surface area contributed by atoms with Crippen molar-refractivity contribution < 1.29 is 36.2 Å². The topological polar surface area (TPSA) is 70.7 Å². The van der Waals surface area contributed by atoms with E-state index < -0.39 is 29.6 Å². The van der Waals surface area contributed by atoms with Crippen LogP contribution in [0.1, 0.15) is 28.7 Å². The van der Waals surface area contributed by atoms with E-state index in [2.05, 4.69) is 10.1 Å². The normalized spacial score (nSPS) is 19.9. The van der Waals surface area contributed by atoms with Crippen LogP contribution in [-0.2, 0) is 18.9 Å². The fraction of sp³-hybridized carbons (Fsp3) is 0.292. The lowest BCUT2D eigenvalue weighted by atomic mass is 10.0. The molecule has 1 amide bonds. The number of hydrogen-bond donors (Lipinski definition) is 1. The molecule has 2 aliphatic heterocycles. The van der Waals surface area contributed by atoms with E-state index in [9.17, 15) is 36.2 Å². The third-order valence-electron chi connectivity index (χ3n) is 6.03. The van der Waals surface area contributed by atoms with Gasteiger partial charge in [-0.1, -0.05) is 12.1 Å². The first-order valence-corrected chi connectivity index (χ1v) is 11.9. The fourth-order valence-corrected chi connectivity index (χ4v) is 5.09. The number of carbonyl (C=O) groups excluding carboxylic acids is 1. The van der Waals surface area contributed by atoms with Crippen molar-refractivity contribution in [3.05, 3.63) is 69.8 Å². The lowest BCUT2D eigenvalue weighted by molar-refractivity contribution is -0.143. The monoisotopic (exact) mass is 540 g/mol. The second kappa shape index (κ2) is 9.21. The van der Waals surface area contributed by atoms with Gasteiger partial charge in [0.1, 0.15) is 5.84 Å². The molecule has 0 aliphatic carbocycles. The Morgan fingerprint density at radius 1 is 1.08 bits per heavy atom. The van der Waals surface area contributed by atoms with E-state index in [0.29, 0.717) is 52.8 Å². The molecule has 5 rings (SSSR count). The zero-order chi connectivity index (χ0) is 26.5. The summed E-state index contributed by atoms with van der Waals surface area (Å²) < 4.78 is 80.6. The average molecular weight is 540 g/mol. The summed E-state index contributed by atoms with van der Waals surface area (Å²) in [5, 5.41) is 14.3. The number of β-amino-alcohol motifs (C(OH)–C–C–N with tert-alkyl or cyclic N) is 1. The molecule has 1 unspecified atom stereocenters. The number of aliphatic imine (C=N–C) groups is 1. The Morgan fingerprint density at radius 2 is 1.86 bits per heavy atom. The molecule has 6 nitrogen and oxygen atoms in total. The van der Waals surface area contributed by atoms with Crippen molar-refractivity contribution in [1.82, 2.24) is 14.7 Å². The molecular weight excluding hydrogens is 522 g/mol. The van der Waals surface area contributed by atoms with Crippen molar-refractivity contribution in [3.63, 3.8) is 0 Å². The molecular formula is C24H18F6N4O2S. The van der Waals surface area contributed by atoms with Crippen LogP contribution < -0.4 is 0 Å². The van der Waals surface area contributed by atoms with Gasteiger partial charge in [-0.25, -0.2) is 0 Å². The first-order chi connectivity index (χ1) is 17.4. The van der Waals surface area contributed by atoms with Crippen LogP contribution in [0.25, 0.3) is 17.0 Å². The van der Waals surface area contributed by atoms with Gasteiger partial charge in [0.05, 0.1) is 34.2 Å². The summed E-state index contributed by atoms with van der Waals surface area (Å²) in [6.07, 6.45) is -6.52. The molecule has 194 valence electrons. The summed E-state index contributed by atoms with van der Waals surface area (Å²) in [4.78, 5) is 18.5. The molecule has 0 bridgehead atoms. The Labute approximate surface area is 210 Å². The van der Waals surface area contributed by atoms with E-state index >= 15 is 0 Å². The molecule has 2 aromatic carbocycles. The van der Waals surface area contributed by atoms with Gasteiger partial charge in [0.2, 0.25) is 0 Å². The van der Waals surface area contributed by atoms with Gasteiger partial charge in [0.15, 0.2) is 0 Å². The predicted molar refractivity (Wildman–Crippen MR) is 126 cm³/mol. The van der Waals surface area contributed by atoms with Crippen LogP contribution in [0.3, 0.4) is 0 Å². The van der Waals surface area contributed by atoms with Crippen LogP contribution in [-0.4, -0.2) is 50.1 Å². The van der Waals surface area contributed by atoms with E-state index in [-0.39, 0.29) is 23.4 Å². The van der Waals surface area contributed by atoms with Gasteiger partial charge in [-0.15, -0.1) is 0 Å². The first kappa shape index (κ1) is 25.3. The number of thioether (sulfide) groups is 1. The molecule has 1 aromatic heterocycles. The summed E-state index contributed by atoms with van der Waals surface area (Å²) in [6, 6.07) is 6.68. The van der Waals surface area contributed by atoms with Crippen molar-refractivity contribution in [2.24, 2.45) is 4.99 Å². The maximum absolute atomic E-state index is 13.5. The zero-order valence-corrected chi connectivity index (χ0v) is 19.7. The lowest BCUT2D eigenvalue weighted by Crippen LogP contribution is -2.29. The number of hydrogen-bond acceptors (Lipinski definition) is 5. The first-order valence-electron chi connectivity index (χ1n) is 11.1. The summed E-state index contributed by atoms with van der Waals surface area (Å²) in [6.45, 7) is 0.567. The maximum atomic E-state index is 13.5. The van der Waals surface area contributed by atoms with Crippen LogP contribution in [0.15, 0.2) is 52.5 Å². The number of aliphatic hydroxyl groups excluding tert-OH is 1. The molecule has 1 fully saturated rings.